The zero-order valence-electron chi connectivity index (χ0n) is 6.51. The molecule has 0 aliphatic carbocycles. The minimum atomic E-state index is 0.00849. The van der Waals surface area contributed by atoms with E-state index in [1.807, 2.05) is 6.08 Å². The van der Waals surface area contributed by atoms with Crippen LogP contribution >= 0.6 is 0 Å². The average Bonchev–Trinajstić information content (AvgIpc) is 2.08. The summed E-state index contributed by atoms with van der Waals surface area (Å²) in [4.78, 5) is 0. The summed E-state index contributed by atoms with van der Waals surface area (Å²) in [7, 11) is 0. The summed E-state index contributed by atoms with van der Waals surface area (Å²) in [6.45, 7) is 4.52. The smallest absolute Gasteiger partial charge is 0.435 e. The lowest BCUT2D eigenvalue weighted by Gasteiger charge is -2.06. The first-order valence-corrected chi connectivity index (χ1v) is 6.20. The highest BCUT2D eigenvalue weighted by Crippen LogP contribution is 2.01. The Morgan fingerprint density at radius 2 is 2.30 bits per heavy atom. The third-order valence-corrected chi connectivity index (χ3v) is 2.94. The molecule has 0 aromatic carbocycles. The van der Waals surface area contributed by atoms with Gasteiger partial charge in [0.2, 0.25) is 0 Å². The SMILES string of the molecule is C1C[CH2][AlH][O]C1.C=C[CH2][Al]. The summed E-state index contributed by atoms with van der Waals surface area (Å²) in [5, 5.41) is 2.42. The zero-order valence-corrected chi connectivity index (χ0v) is 9.08. The molecule has 1 fully saturated rings. The van der Waals surface area contributed by atoms with Crippen molar-refractivity contribution in [3.63, 3.8) is 0 Å². The third kappa shape index (κ3) is 8.76. The molecule has 1 aliphatic heterocycles. The van der Waals surface area contributed by atoms with Crippen molar-refractivity contribution in [1.82, 2.24) is 0 Å². The van der Waals surface area contributed by atoms with Crippen LogP contribution in [0.3, 0.4) is 0 Å². The lowest BCUT2D eigenvalue weighted by Crippen LogP contribution is -2.06. The van der Waals surface area contributed by atoms with Gasteiger partial charge in [-0.2, -0.15) is 0 Å². The molecule has 54 valence electrons. The van der Waals surface area contributed by atoms with Crippen LogP contribution in [0.5, 0.6) is 0 Å². The molecule has 1 saturated heterocycles. The Kier molecular flexibility index (Phi) is 10.5. The molecule has 0 aromatic heterocycles. The Labute approximate surface area is 78.3 Å². The highest BCUT2D eigenvalue weighted by Gasteiger charge is 2.00. The molecule has 0 aromatic rings. The van der Waals surface area contributed by atoms with Crippen LogP contribution in [0.1, 0.15) is 12.8 Å². The summed E-state index contributed by atoms with van der Waals surface area (Å²) in [5.41, 5.74) is 0. The highest BCUT2D eigenvalue weighted by atomic mass is 27.1. The minimum absolute atomic E-state index is 0.00849. The van der Waals surface area contributed by atoms with E-state index in [9.17, 15) is 0 Å². The van der Waals surface area contributed by atoms with Gasteiger partial charge in [-0.3, -0.25) is 0 Å². The lowest BCUT2D eigenvalue weighted by molar-refractivity contribution is 0.304. The van der Waals surface area contributed by atoms with Crippen LogP contribution in [0.4, 0.5) is 0 Å². The molecule has 3 heteroatoms. The van der Waals surface area contributed by atoms with Crippen LogP contribution in [0.2, 0.25) is 10.6 Å². The molecular formula is C7H14Al2O. The number of hydrogen-bond donors (Lipinski definition) is 0. The predicted octanol–water partition coefficient (Wildman–Crippen LogP) is 1.33. The standard InChI is InChI=1S/C4H8O.C3H5.2Al.H/c1-2-3-4-5;1-3-2;;;/h1-4H2;3H,1-2H2;;;/q-1;;;+1;. The maximum Gasteiger partial charge on any atom is 0.435 e. The van der Waals surface area contributed by atoms with E-state index in [4.69, 9.17) is 3.79 Å². The number of rotatable bonds is 1. The molecule has 0 spiro atoms. The van der Waals surface area contributed by atoms with Gasteiger partial charge in [0.05, 0.1) is 0 Å². The first kappa shape index (κ1) is 10.8. The molecule has 1 rings (SSSR count). The van der Waals surface area contributed by atoms with Gasteiger partial charge in [-0.05, 0) is 6.42 Å². The molecule has 0 N–H and O–H groups in total. The van der Waals surface area contributed by atoms with Crippen LogP contribution < -0.4 is 0 Å². The van der Waals surface area contributed by atoms with Crippen molar-refractivity contribution in [1.29, 1.82) is 0 Å². The van der Waals surface area contributed by atoms with E-state index in [2.05, 4.69) is 22.9 Å². The largest absolute Gasteiger partial charge is 0.503 e. The molecule has 1 nitrogen and oxygen atoms in total. The maximum atomic E-state index is 5.21. The van der Waals surface area contributed by atoms with E-state index < -0.39 is 0 Å². The second-order valence-electron chi connectivity index (χ2n) is 2.20. The molecule has 0 amide bonds. The van der Waals surface area contributed by atoms with Crippen LogP contribution in [-0.2, 0) is 3.79 Å². The molecule has 0 unspecified atom stereocenters. The Balaban J connectivity index is 0.000000180. The van der Waals surface area contributed by atoms with Crippen LogP contribution in [0.15, 0.2) is 12.7 Å². The second kappa shape index (κ2) is 9.76. The molecule has 1 aliphatic rings. The van der Waals surface area contributed by atoms with E-state index in [1.165, 1.54) is 18.1 Å². The van der Waals surface area contributed by atoms with Gasteiger partial charge in [0.1, 0.15) is 16.3 Å². The van der Waals surface area contributed by atoms with Gasteiger partial charge in [-0.15, -0.1) is 17.9 Å². The van der Waals surface area contributed by atoms with Gasteiger partial charge in [0.15, 0.2) is 0 Å². The quantitative estimate of drug-likeness (QED) is 0.424. The maximum absolute atomic E-state index is 5.21. The van der Waals surface area contributed by atoms with Crippen molar-refractivity contribution < 1.29 is 3.79 Å². The van der Waals surface area contributed by atoms with Gasteiger partial charge in [0, 0.05) is 6.61 Å². The molecule has 0 bridgehead atoms. The van der Waals surface area contributed by atoms with Crippen molar-refractivity contribution in [2.45, 2.75) is 23.4 Å². The summed E-state index contributed by atoms with van der Waals surface area (Å²) in [6, 6.07) is 0. The number of hydrogen-bond acceptors (Lipinski definition) is 1. The second-order valence-corrected chi connectivity index (χ2v) is 4.19. The third-order valence-electron chi connectivity index (χ3n) is 1.24. The summed E-state index contributed by atoms with van der Waals surface area (Å²) >= 11 is 2.55. The Bertz CT molecular complexity index is 60.5. The zero-order chi connectivity index (χ0) is 7.66. The van der Waals surface area contributed by atoms with E-state index in [0.29, 0.717) is 0 Å². The Hall–Kier alpha value is 0.765. The minimum Gasteiger partial charge on any atom is -0.503 e. The van der Waals surface area contributed by atoms with E-state index in [1.54, 1.807) is 0 Å². The van der Waals surface area contributed by atoms with Gasteiger partial charge < -0.3 is 3.79 Å². The highest BCUT2D eigenvalue weighted by molar-refractivity contribution is 6.27. The fraction of sp³-hybridized carbons (Fsp3) is 0.714. The Morgan fingerprint density at radius 1 is 1.60 bits per heavy atom. The van der Waals surface area contributed by atoms with Gasteiger partial charge in [-0.25, -0.2) is 0 Å². The van der Waals surface area contributed by atoms with Crippen molar-refractivity contribution in [3.05, 3.63) is 12.7 Å². The number of allylic oxidation sites excluding steroid dienone is 1. The summed E-state index contributed by atoms with van der Waals surface area (Å²) in [6.07, 6.45) is 4.59. The van der Waals surface area contributed by atoms with Crippen LogP contribution in [0.25, 0.3) is 0 Å². The van der Waals surface area contributed by atoms with Gasteiger partial charge >= 0.3 is 15.6 Å². The normalized spacial score (nSPS) is 16.0. The van der Waals surface area contributed by atoms with Crippen molar-refractivity contribution in [2.24, 2.45) is 0 Å². The predicted molar refractivity (Wildman–Crippen MR) is 47.9 cm³/mol. The monoisotopic (exact) mass is 168 g/mol. The Morgan fingerprint density at radius 3 is 2.40 bits per heavy atom. The fourth-order valence-electron chi connectivity index (χ4n) is 0.687. The van der Waals surface area contributed by atoms with Crippen molar-refractivity contribution >= 4 is 31.8 Å². The first-order chi connectivity index (χ1) is 4.91. The summed E-state index contributed by atoms with van der Waals surface area (Å²) in [5.74, 6) is 0. The van der Waals surface area contributed by atoms with Crippen molar-refractivity contribution in [3.8, 4) is 0 Å². The molecule has 1 heterocycles. The first-order valence-electron chi connectivity index (χ1n) is 3.80. The van der Waals surface area contributed by atoms with Gasteiger partial charge in [-0.1, -0.05) is 11.7 Å². The topological polar surface area (TPSA) is 9.23 Å². The van der Waals surface area contributed by atoms with Crippen molar-refractivity contribution in [2.75, 3.05) is 6.61 Å². The molecule has 0 atom stereocenters. The average molecular weight is 168 g/mol. The molecule has 0 saturated carbocycles. The fourth-order valence-corrected chi connectivity index (χ4v) is 1.86. The van der Waals surface area contributed by atoms with Crippen LogP contribution in [0, 0.1) is 0 Å². The molecule has 2 radical (unpaired) electrons. The lowest BCUT2D eigenvalue weighted by atomic mass is 10.4. The van der Waals surface area contributed by atoms with Gasteiger partial charge in [0.25, 0.3) is 0 Å². The van der Waals surface area contributed by atoms with Crippen LogP contribution in [-0.4, -0.2) is 38.5 Å². The molecule has 10 heavy (non-hydrogen) atoms. The van der Waals surface area contributed by atoms with E-state index in [-0.39, 0.29) is 15.6 Å². The van der Waals surface area contributed by atoms with E-state index in [0.717, 1.165) is 11.9 Å². The molecular weight excluding hydrogens is 154 g/mol. The summed E-state index contributed by atoms with van der Waals surface area (Å²) < 4.78 is 5.21. The van der Waals surface area contributed by atoms with E-state index >= 15 is 0 Å².